The Morgan fingerprint density at radius 2 is 1.63 bits per heavy atom. The molecule has 0 spiro atoms. The highest BCUT2D eigenvalue weighted by atomic mass is 19.1. The van der Waals surface area contributed by atoms with E-state index in [-0.39, 0.29) is 36.6 Å². The fraction of sp³-hybridized carbons (Fsp3) is 0.391. The van der Waals surface area contributed by atoms with Gasteiger partial charge in [-0.25, -0.2) is 9.18 Å². The molecular weight excluding hydrogens is 383 g/mol. The van der Waals surface area contributed by atoms with Crippen LogP contribution in [-0.2, 0) is 0 Å². The summed E-state index contributed by atoms with van der Waals surface area (Å²) in [6, 6.07) is 14.2. The average Bonchev–Trinajstić information content (AvgIpc) is 2.76. The molecule has 0 aromatic heterocycles. The predicted molar refractivity (Wildman–Crippen MR) is 117 cm³/mol. The number of halogens is 1. The van der Waals surface area contributed by atoms with Crippen molar-refractivity contribution in [1.29, 1.82) is 0 Å². The fourth-order valence-electron chi connectivity index (χ4n) is 3.24. The largest absolute Gasteiger partial charge is 0.350 e. The van der Waals surface area contributed by atoms with Gasteiger partial charge in [-0.1, -0.05) is 50.2 Å². The number of amides is 3. The van der Waals surface area contributed by atoms with E-state index in [1.807, 2.05) is 18.2 Å². The molecule has 0 heterocycles. The van der Waals surface area contributed by atoms with Crippen molar-refractivity contribution in [2.24, 2.45) is 0 Å². The minimum Gasteiger partial charge on any atom is -0.350 e. The van der Waals surface area contributed by atoms with E-state index in [0.29, 0.717) is 12.1 Å². The van der Waals surface area contributed by atoms with Gasteiger partial charge in [0, 0.05) is 25.2 Å². The number of hydrogen-bond acceptors (Lipinski definition) is 3. The number of aryl methyl sites for hydroxylation is 1. The summed E-state index contributed by atoms with van der Waals surface area (Å²) in [6.07, 6.45) is 0. The number of nitrogens with zero attached hydrogens (tertiary/aromatic N) is 1. The lowest BCUT2D eigenvalue weighted by molar-refractivity contribution is 0.0953. The van der Waals surface area contributed by atoms with Gasteiger partial charge < -0.3 is 16.0 Å². The number of carbonyl (C=O) groups is 2. The van der Waals surface area contributed by atoms with Crippen LogP contribution in [0.3, 0.4) is 0 Å². The van der Waals surface area contributed by atoms with Crippen LogP contribution in [0.1, 0.15) is 41.4 Å². The first-order valence-electron chi connectivity index (χ1n) is 10.3. The molecule has 162 valence electrons. The number of nitrogens with one attached hydrogen (secondary N) is 3. The summed E-state index contributed by atoms with van der Waals surface area (Å²) in [6.45, 7) is 8.60. The van der Waals surface area contributed by atoms with Crippen molar-refractivity contribution in [3.8, 4) is 0 Å². The molecule has 0 aliphatic heterocycles. The van der Waals surface area contributed by atoms with Crippen molar-refractivity contribution in [3.05, 3.63) is 71.0 Å². The lowest BCUT2D eigenvalue weighted by Crippen LogP contribution is -2.44. The van der Waals surface area contributed by atoms with Gasteiger partial charge in [0.2, 0.25) is 0 Å². The first-order chi connectivity index (χ1) is 14.5. The molecule has 2 rings (SSSR count). The fourth-order valence-corrected chi connectivity index (χ4v) is 3.24. The summed E-state index contributed by atoms with van der Waals surface area (Å²) in [5, 5.41) is 8.32. The molecule has 7 heteroatoms. The van der Waals surface area contributed by atoms with Gasteiger partial charge in [0.25, 0.3) is 5.91 Å². The third-order valence-electron chi connectivity index (χ3n) is 5.02. The minimum atomic E-state index is -0.415. The molecule has 30 heavy (non-hydrogen) atoms. The van der Waals surface area contributed by atoms with Gasteiger partial charge in [-0.2, -0.15) is 0 Å². The standard InChI is InChI=1S/C23H31FN4O2/c1-4-28(5-2)21(18-9-7-6-8-10-18)16-27-23(30)26-14-13-25-22(29)19-12-11-17(3)20(24)15-19/h6-12,15,21H,4-5,13-14,16H2,1-3H3,(H,25,29)(H2,26,27,30). The molecule has 0 saturated carbocycles. The molecule has 1 unspecified atom stereocenters. The average molecular weight is 415 g/mol. The van der Waals surface area contributed by atoms with Crippen molar-refractivity contribution < 1.29 is 14.0 Å². The maximum absolute atomic E-state index is 13.6. The molecule has 2 aromatic carbocycles. The Morgan fingerprint density at radius 1 is 0.967 bits per heavy atom. The molecule has 1 atom stereocenters. The normalized spacial score (nSPS) is 11.8. The zero-order valence-corrected chi connectivity index (χ0v) is 17.9. The molecule has 0 saturated heterocycles. The van der Waals surface area contributed by atoms with Crippen molar-refractivity contribution in [2.75, 3.05) is 32.7 Å². The van der Waals surface area contributed by atoms with E-state index in [1.165, 1.54) is 6.07 Å². The van der Waals surface area contributed by atoms with Gasteiger partial charge in [-0.3, -0.25) is 9.69 Å². The van der Waals surface area contributed by atoms with Gasteiger partial charge in [0.15, 0.2) is 0 Å². The van der Waals surface area contributed by atoms with Gasteiger partial charge in [0.05, 0.1) is 6.04 Å². The van der Waals surface area contributed by atoms with Crippen molar-refractivity contribution in [1.82, 2.24) is 20.9 Å². The topological polar surface area (TPSA) is 73.5 Å². The summed E-state index contributed by atoms with van der Waals surface area (Å²) in [7, 11) is 0. The maximum Gasteiger partial charge on any atom is 0.314 e. The lowest BCUT2D eigenvalue weighted by Gasteiger charge is -2.30. The number of carbonyl (C=O) groups excluding carboxylic acids is 2. The number of likely N-dealkylation sites (N-methyl/N-ethyl adjacent to an activating group) is 1. The highest BCUT2D eigenvalue weighted by molar-refractivity contribution is 5.94. The number of hydrogen-bond donors (Lipinski definition) is 3. The van der Waals surface area contributed by atoms with Crippen LogP contribution < -0.4 is 16.0 Å². The Morgan fingerprint density at radius 3 is 2.27 bits per heavy atom. The zero-order valence-electron chi connectivity index (χ0n) is 17.9. The van der Waals surface area contributed by atoms with Crippen LogP contribution in [-0.4, -0.2) is 49.6 Å². The summed E-state index contributed by atoms with van der Waals surface area (Å²) >= 11 is 0. The van der Waals surface area contributed by atoms with Crippen LogP contribution >= 0.6 is 0 Å². The third-order valence-corrected chi connectivity index (χ3v) is 5.02. The first kappa shape index (κ1) is 23.3. The SMILES string of the molecule is CCN(CC)C(CNC(=O)NCCNC(=O)c1ccc(C)c(F)c1)c1ccccc1. The van der Waals surface area contributed by atoms with Crippen molar-refractivity contribution >= 4 is 11.9 Å². The summed E-state index contributed by atoms with van der Waals surface area (Å²) < 4.78 is 13.6. The quantitative estimate of drug-likeness (QED) is 0.523. The summed E-state index contributed by atoms with van der Waals surface area (Å²) in [4.78, 5) is 26.5. The Balaban J connectivity index is 1.77. The van der Waals surface area contributed by atoms with E-state index in [0.717, 1.165) is 18.7 Å². The zero-order chi connectivity index (χ0) is 21.9. The van der Waals surface area contributed by atoms with Crippen molar-refractivity contribution in [2.45, 2.75) is 26.8 Å². The van der Waals surface area contributed by atoms with Gasteiger partial charge in [0.1, 0.15) is 5.82 Å². The highest BCUT2D eigenvalue weighted by Crippen LogP contribution is 2.19. The second kappa shape index (κ2) is 11.9. The van der Waals surface area contributed by atoms with E-state index < -0.39 is 5.82 Å². The smallest absolute Gasteiger partial charge is 0.314 e. The molecule has 2 aromatic rings. The van der Waals surface area contributed by atoms with E-state index in [1.54, 1.807) is 19.1 Å². The second-order valence-corrected chi connectivity index (χ2v) is 7.00. The van der Waals surface area contributed by atoms with Crippen LogP contribution in [0.15, 0.2) is 48.5 Å². The molecular formula is C23H31FN4O2. The number of rotatable bonds is 10. The Kier molecular flexibility index (Phi) is 9.28. The van der Waals surface area contributed by atoms with Crippen LogP contribution in [0.25, 0.3) is 0 Å². The minimum absolute atomic E-state index is 0.0862. The van der Waals surface area contributed by atoms with Crippen LogP contribution in [0, 0.1) is 12.7 Å². The van der Waals surface area contributed by atoms with Crippen LogP contribution in [0.4, 0.5) is 9.18 Å². The van der Waals surface area contributed by atoms with E-state index in [2.05, 4.69) is 46.8 Å². The molecule has 6 nitrogen and oxygen atoms in total. The van der Waals surface area contributed by atoms with E-state index >= 15 is 0 Å². The van der Waals surface area contributed by atoms with E-state index in [4.69, 9.17) is 0 Å². The summed E-state index contributed by atoms with van der Waals surface area (Å²) in [5.74, 6) is -0.789. The molecule has 0 aliphatic carbocycles. The highest BCUT2D eigenvalue weighted by Gasteiger charge is 2.18. The third kappa shape index (κ3) is 6.84. The molecule has 0 bridgehead atoms. The van der Waals surface area contributed by atoms with Gasteiger partial charge in [-0.05, 0) is 43.3 Å². The Labute approximate surface area is 177 Å². The van der Waals surface area contributed by atoms with Crippen molar-refractivity contribution in [3.63, 3.8) is 0 Å². The Bertz CT molecular complexity index is 825. The molecule has 3 amide bonds. The van der Waals surface area contributed by atoms with Crippen LogP contribution in [0.2, 0.25) is 0 Å². The lowest BCUT2D eigenvalue weighted by atomic mass is 10.1. The maximum atomic E-state index is 13.6. The second-order valence-electron chi connectivity index (χ2n) is 7.00. The van der Waals surface area contributed by atoms with Gasteiger partial charge in [-0.15, -0.1) is 0 Å². The Hall–Kier alpha value is -2.93. The number of urea groups is 1. The van der Waals surface area contributed by atoms with Crippen LogP contribution in [0.5, 0.6) is 0 Å². The first-order valence-corrected chi connectivity index (χ1v) is 10.3. The molecule has 3 N–H and O–H groups in total. The molecule has 0 aliphatic rings. The number of benzene rings is 2. The van der Waals surface area contributed by atoms with Gasteiger partial charge >= 0.3 is 6.03 Å². The summed E-state index contributed by atoms with van der Waals surface area (Å²) in [5.41, 5.74) is 1.90. The molecule has 0 fully saturated rings. The predicted octanol–water partition coefficient (Wildman–Crippen LogP) is 3.25. The molecule has 0 radical (unpaired) electrons. The van der Waals surface area contributed by atoms with E-state index in [9.17, 15) is 14.0 Å². The monoisotopic (exact) mass is 414 g/mol.